The maximum atomic E-state index is 12.1. The van der Waals surface area contributed by atoms with Crippen LogP contribution in [-0.4, -0.2) is 19.4 Å². The van der Waals surface area contributed by atoms with Crippen molar-refractivity contribution in [2.45, 2.75) is 11.8 Å². The second-order valence-corrected chi connectivity index (χ2v) is 6.18. The summed E-state index contributed by atoms with van der Waals surface area (Å²) < 4.78 is 32.6. The number of benzene rings is 2. The number of nitrogens with zero attached hydrogens (tertiary/aromatic N) is 2. The summed E-state index contributed by atoms with van der Waals surface area (Å²) in [5, 5.41) is 10.7. The summed E-state index contributed by atoms with van der Waals surface area (Å²) in [7, 11) is -4.21. The predicted molar refractivity (Wildman–Crippen MR) is 83.7 cm³/mol. The summed E-state index contributed by atoms with van der Waals surface area (Å²) in [4.78, 5) is 9.65. The minimum atomic E-state index is -4.21. The molecular formula is C14H13N3O5S. The van der Waals surface area contributed by atoms with Crippen molar-refractivity contribution < 1.29 is 18.1 Å². The van der Waals surface area contributed by atoms with Crippen LogP contribution in [-0.2, 0) is 10.0 Å². The van der Waals surface area contributed by atoms with Gasteiger partial charge in [-0.05, 0) is 25.1 Å². The summed E-state index contributed by atoms with van der Waals surface area (Å²) in [6, 6.07) is 10.7. The van der Waals surface area contributed by atoms with Crippen LogP contribution in [0.3, 0.4) is 0 Å². The molecule has 2 rings (SSSR count). The van der Waals surface area contributed by atoms with Gasteiger partial charge in [-0.15, -0.1) is 4.40 Å². The van der Waals surface area contributed by atoms with Gasteiger partial charge < -0.3 is 10.5 Å². The van der Waals surface area contributed by atoms with Crippen LogP contribution < -0.4 is 10.5 Å². The Hall–Kier alpha value is -2.94. The molecule has 0 atom stereocenters. The zero-order valence-electron chi connectivity index (χ0n) is 12.0. The number of nitrogens with two attached hydrogens (primary N) is 1. The lowest BCUT2D eigenvalue weighted by molar-refractivity contribution is -0.385. The number of rotatable bonds is 4. The summed E-state index contributed by atoms with van der Waals surface area (Å²) in [5.41, 5.74) is 6.12. The molecule has 2 aromatic carbocycles. The highest BCUT2D eigenvalue weighted by molar-refractivity contribution is 7.90. The van der Waals surface area contributed by atoms with Gasteiger partial charge in [-0.1, -0.05) is 23.8 Å². The summed E-state index contributed by atoms with van der Waals surface area (Å²) in [6.07, 6.45) is 0. The third kappa shape index (κ3) is 4.27. The number of aryl methyl sites for hydroxylation is 1. The normalized spacial score (nSPS) is 12.0. The van der Waals surface area contributed by atoms with Gasteiger partial charge in [0.05, 0.1) is 9.82 Å². The van der Waals surface area contributed by atoms with Crippen molar-refractivity contribution in [1.29, 1.82) is 0 Å². The van der Waals surface area contributed by atoms with E-state index in [1.165, 1.54) is 18.2 Å². The quantitative estimate of drug-likeness (QED) is 0.394. The fourth-order valence-corrected chi connectivity index (χ4v) is 2.57. The molecule has 0 aliphatic rings. The summed E-state index contributed by atoms with van der Waals surface area (Å²) in [6.45, 7) is 1.88. The van der Waals surface area contributed by atoms with Gasteiger partial charge in [0.25, 0.3) is 15.7 Å². The number of amidine groups is 1. The highest BCUT2D eigenvalue weighted by Crippen LogP contribution is 2.19. The Morgan fingerprint density at radius 1 is 1.22 bits per heavy atom. The van der Waals surface area contributed by atoms with Gasteiger partial charge in [0.2, 0.25) is 0 Å². The molecule has 0 saturated carbocycles. The minimum absolute atomic E-state index is 0.325. The van der Waals surface area contributed by atoms with Gasteiger partial charge in [-0.3, -0.25) is 10.1 Å². The second kappa shape index (κ2) is 6.44. The van der Waals surface area contributed by atoms with Crippen LogP contribution in [0.15, 0.2) is 57.8 Å². The van der Waals surface area contributed by atoms with E-state index in [2.05, 4.69) is 4.40 Å². The molecule has 0 bridgehead atoms. The molecule has 9 heteroatoms. The third-order valence-corrected chi connectivity index (χ3v) is 4.05. The van der Waals surface area contributed by atoms with Crippen LogP contribution in [0.1, 0.15) is 5.56 Å². The molecule has 2 N–H and O–H groups in total. The van der Waals surface area contributed by atoms with Gasteiger partial charge in [0.1, 0.15) is 5.75 Å². The fourth-order valence-electron chi connectivity index (χ4n) is 1.67. The number of nitro groups is 1. The molecule has 2 aromatic rings. The van der Waals surface area contributed by atoms with E-state index in [1.807, 2.05) is 6.92 Å². The zero-order valence-corrected chi connectivity index (χ0v) is 12.9. The van der Waals surface area contributed by atoms with Crippen LogP contribution in [0, 0.1) is 17.0 Å². The van der Waals surface area contributed by atoms with Crippen LogP contribution in [0.4, 0.5) is 5.69 Å². The van der Waals surface area contributed by atoms with Gasteiger partial charge in [-0.2, -0.15) is 8.42 Å². The Labute approximate surface area is 132 Å². The molecule has 0 spiro atoms. The molecular weight excluding hydrogens is 322 g/mol. The fraction of sp³-hybridized carbons (Fsp3) is 0.0714. The van der Waals surface area contributed by atoms with E-state index in [0.717, 1.165) is 11.6 Å². The lowest BCUT2D eigenvalue weighted by Gasteiger charge is -2.05. The monoisotopic (exact) mass is 335 g/mol. The van der Waals surface area contributed by atoms with Crippen LogP contribution in [0.25, 0.3) is 0 Å². The van der Waals surface area contributed by atoms with Crippen molar-refractivity contribution in [3.63, 3.8) is 0 Å². The van der Waals surface area contributed by atoms with E-state index in [0.29, 0.717) is 5.75 Å². The van der Waals surface area contributed by atoms with Crippen LogP contribution >= 0.6 is 0 Å². The summed E-state index contributed by atoms with van der Waals surface area (Å²) in [5.74, 6) is 0.325. The smallest absolute Gasteiger partial charge is 0.303 e. The predicted octanol–water partition coefficient (Wildman–Crippen LogP) is 1.99. The Bertz CT molecular complexity index is 860. The number of hydrogen-bond donors (Lipinski definition) is 1. The molecule has 0 radical (unpaired) electrons. The van der Waals surface area contributed by atoms with E-state index in [-0.39, 0.29) is 10.6 Å². The second-order valence-electron chi connectivity index (χ2n) is 4.57. The molecule has 0 saturated heterocycles. The molecule has 0 amide bonds. The van der Waals surface area contributed by atoms with Gasteiger partial charge in [-0.25, -0.2) is 0 Å². The van der Waals surface area contributed by atoms with Crippen molar-refractivity contribution in [2.75, 3.05) is 0 Å². The highest BCUT2D eigenvalue weighted by atomic mass is 32.2. The molecule has 0 heterocycles. The van der Waals surface area contributed by atoms with E-state index in [4.69, 9.17) is 10.5 Å². The van der Waals surface area contributed by atoms with E-state index in [9.17, 15) is 18.5 Å². The Morgan fingerprint density at radius 2 is 1.87 bits per heavy atom. The van der Waals surface area contributed by atoms with Crippen molar-refractivity contribution in [1.82, 2.24) is 0 Å². The maximum Gasteiger partial charge on any atom is 0.303 e. The average molecular weight is 335 g/mol. The Balaban J connectivity index is 2.27. The largest absolute Gasteiger partial charge is 0.426 e. The van der Waals surface area contributed by atoms with Crippen LogP contribution in [0.2, 0.25) is 0 Å². The van der Waals surface area contributed by atoms with E-state index < -0.39 is 21.0 Å². The Morgan fingerprint density at radius 3 is 2.48 bits per heavy atom. The topological polar surface area (TPSA) is 125 Å². The molecule has 23 heavy (non-hydrogen) atoms. The minimum Gasteiger partial charge on any atom is -0.426 e. The molecule has 0 aromatic heterocycles. The third-order valence-electron chi connectivity index (χ3n) is 2.78. The number of ether oxygens (including phenoxy) is 1. The first-order valence-corrected chi connectivity index (χ1v) is 7.81. The lowest BCUT2D eigenvalue weighted by atomic mass is 10.2. The summed E-state index contributed by atoms with van der Waals surface area (Å²) >= 11 is 0. The first-order valence-electron chi connectivity index (χ1n) is 6.37. The molecule has 120 valence electrons. The van der Waals surface area contributed by atoms with Crippen molar-refractivity contribution in [3.8, 4) is 5.75 Å². The van der Waals surface area contributed by atoms with Gasteiger partial charge in [0.15, 0.2) is 0 Å². The Kier molecular flexibility index (Phi) is 4.60. The molecule has 8 nitrogen and oxygen atoms in total. The van der Waals surface area contributed by atoms with Gasteiger partial charge in [0, 0.05) is 12.1 Å². The van der Waals surface area contributed by atoms with Gasteiger partial charge >= 0.3 is 6.02 Å². The average Bonchev–Trinajstić information content (AvgIpc) is 2.49. The van der Waals surface area contributed by atoms with Crippen molar-refractivity contribution in [3.05, 3.63) is 64.2 Å². The first kappa shape index (κ1) is 16.4. The van der Waals surface area contributed by atoms with Crippen LogP contribution in [0.5, 0.6) is 5.75 Å². The molecule has 0 aliphatic carbocycles. The maximum absolute atomic E-state index is 12.1. The van der Waals surface area contributed by atoms with Crippen molar-refractivity contribution >= 4 is 21.7 Å². The van der Waals surface area contributed by atoms with E-state index in [1.54, 1.807) is 24.3 Å². The first-order chi connectivity index (χ1) is 10.8. The standard InChI is InChI=1S/C14H13N3O5S/c1-10-5-7-12(8-6-10)22-14(15)16-23(20,21)13-4-2-3-11(9-13)17(18)19/h2-9H,1H3,(H2,15,16). The lowest BCUT2D eigenvalue weighted by Crippen LogP contribution is -2.21. The SMILES string of the molecule is Cc1ccc(O/C(N)=N/S(=O)(=O)c2cccc([N+](=O)[O-])c2)cc1. The number of sulfonamides is 1. The molecule has 0 fully saturated rings. The van der Waals surface area contributed by atoms with E-state index >= 15 is 0 Å². The molecule has 0 aliphatic heterocycles. The number of nitro benzene ring substituents is 1. The van der Waals surface area contributed by atoms with Crippen molar-refractivity contribution in [2.24, 2.45) is 10.1 Å². The highest BCUT2D eigenvalue weighted by Gasteiger charge is 2.18. The number of hydrogen-bond acceptors (Lipinski definition) is 5. The number of non-ortho nitro benzene ring substituents is 1. The molecule has 0 unspecified atom stereocenters. The zero-order chi connectivity index (χ0) is 17.0.